The third kappa shape index (κ3) is 5.89. The van der Waals surface area contributed by atoms with Crippen LogP contribution in [0.2, 0.25) is 0 Å². The van der Waals surface area contributed by atoms with Crippen molar-refractivity contribution >= 4 is 21.7 Å². The molecule has 4 heteroatoms. The Kier molecular flexibility index (Phi) is 7.02. The van der Waals surface area contributed by atoms with Crippen molar-refractivity contribution in [1.29, 1.82) is 0 Å². The predicted molar refractivity (Wildman–Crippen MR) is 174 cm³/mol. The van der Waals surface area contributed by atoms with E-state index in [-0.39, 0.29) is 10.8 Å². The van der Waals surface area contributed by atoms with E-state index in [0.717, 1.165) is 67.8 Å². The molecular formula is C38H37N3O. The number of ether oxygens (including phenoxy) is 1. The lowest BCUT2D eigenvalue weighted by molar-refractivity contribution is 0.407. The number of benzene rings is 3. The second kappa shape index (κ2) is 10.7. The fraction of sp³-hybridized carbons (Fsp3) is 0.237. The first-order valence-corrected chi connectivity index (χ1v) is 14.6. The van der Waals surface area contributed by atoms with Gasteiger partial charge in [0.15, 0.2) is 0 Å². The van der Waals surface area contributed by atoms with Gasteiger partial charge >= 0.3 is 0 Å². The van der Waals surface area contributed by atoms with Crippen LogP contribution in [0, 0.1) is 5.41 Å². The molecule has 0 saturated carbocycles. The van der Waals surface area contributed by atoms with E-state index in [9.17, 15) is 0 Å². The summed E-state index contributed by atoms with van der Waals surface area (Å²) in [6.45, 7) is 13.4. The maximum absolute atomic E-state index is 6.37. The molecule has 3 heterocycles. The Balaban J connectivity index is 1.31. The van der Waals surface area contributed by atoms with Crippen LogP contribution >= 0.6 is 0 Å². The normalized spacial score (nSPS) is 12.1. The minimum atomic E-state index is 0.0554. The van der Waals surface area contributed by atoms with Crippen molar-refractivity contribution < 1.29 is 4.74 Å². The fourth-order valence-corrected chi connectivity index (χ4v) is 5.40. The van der Waals surface area contributed by atoms with E-state index in [4.69, 9.17) is 14.7 Å². The van der Waals surface area contributed by atoms with Crippen LogP contribution in [0.4, 0.5) is 0 Å². The van der Waals surface area contributed by atoms with Gasteiger partial charge in [-0.2, -0.15) is 0 Å². The first kappa shape index (κ1) is 27.6. The van der Waals surface area contributed by atoms with Crippen LogP contribution in [0.5, 0.6) is 11.5 Å². The molecule has 0 aliphatic rings. The molecule has 3 aromatic carbocycles. The highest BCUT2D eigenvalue weighted by Crippen LogP contribution is 2.35. The van der Waals surface area contributed by atoms with Crippen molar-refractivity contribution in [1.82, 2.24) is 15.0 Å². The molecule has 0 N–H and O–H groups in total. The number of hydrogen-bond acceptors (Lipinski definition) is 4. The number of hydrogen-bond donors (Lipinski definition) is 0. The van der Waals surface area contributed by atoms with Crippen molar-refractivity contribution in [2.75, 3.05) is 0 Å². The SMILES string of the molecule is CC(C)(C)Cc1ccc2c(ccc3c(-c4cccc(Oc5cccc(-c6cc(C(C)(C)C)ccn6)c5)c4)nccc32)n1. The zero-order chi connectivity index (χ0) is 29.5. The van der Waals surface area contributed by atoms with Gasteiger partial charge in [-0.15, -0.1) is 0 Å². The maximum Gasteiger partial charge on any atom is 0.128 e. The zero-order valence-corrected chi connectivity index (χ0v) is 25.3. The van der Waals surface area contributed by atoms with Gasteiger partial charge in [0, 0.05) is 40.0 Å². The van der Waals surface area contributed by atoms with Crippen LogP contribution in [-0.4, -0.2) is 15.0 Å². The molecule has 4 nitrogen and oxygen atoms in total. The van der Waals surface area contributed by atoms with E-state index in [1.54, 1.807) is 0 Å². The molecule has 0 saturated heterocycles. The Labute approximate surface area is 248 Å². The monoisotopic (exact) mass is 551 g/mol. The minimum Gasteiger partial charge on any atom is -0.457 e. The summed E-state index contributed by atoms with van der Waals surface area (Å²) in [6.07, 6.45) is 4.71. The first-order valence-electron chi connectivity index (χ1n) is 14.6. The molecule has 0 aliphatic carbocycles. The van der Waals surface area contributed by atoms with Crippen molar-refractivity contribution in [3.8, 4) is 34.0 Å². The highest BCUT2D eigenvalue weighted by atomic mass is 16.5. The molecule has 6 aromatic rings. The second-order valence-electron chi connectivity index (χ2n) is 13.3. The Morgan fingerprint density at radius 2 is 1.31 bits per heavy atom. The highest BCUT2D eigenvalue weighted by molar-refractivity contribution is 6.10. The molecule has 0 amide bonds. The molecule has 0 bridgehead atoms. The number of rotatable bonds is 5. The van der Waals surface area contributed by atoms with Gasteiger partial charge in [-0.3, -0.25) is 15.0 Å². The number of nitrogens with zero attached hydrogens (tertiary/aromatic N) is 3. The number of aromatic nitrogens is 3. The molecule has 0 radical (unpaired) electrons. The lowest BCUT2D eigenvalue weighted by atomic mass is 9.87. The summed E-state index contributed by atoms with van der Waals surface area (Å²) in [4.78, 5) is 14.4. The van der Waals surface area contributed by atoms with Crippen LogP contribution in [0.15, 0.2) is 103 Å². The number of pyridine rings is 3. The summed E-state index contributed by atoms with van der Waals surface area (Å²) in [7, 11) is 0. The zero-order valence-electron chi connectivity index (χ0n) is 25.3. The summed E-state index contributed by atoms with van der Waals surface area (Å²) < 4.78 is 6.37. The van der Waals surface area contributed by atoms with Gasteiger partial charge in [0.1, 0.15) is 11.5 Å². The van der Waals surface area contributed by atoms with E-state index >= 15 is 0 Å². The molecule has 0 fully saturated rings. The molecule has 0 atom stereocenters. The third-order valence-corrected chi connectivity index (χ3v) is 7.48. The van der Waals surface area contributed by atoms with Crippen LogP contribution < -0.4 is 4.74 Å². The summed E-state index contributed by atoms with van der Waals surface area (Å²) in [6, 6.07) is 31.2. The molecule has 42 heavy (non-hydrogen) atoms. The van der Waals surface area contributed by atoms with Gasteiger partial charge in [0.2, 0.25) is 0 Å². The van der Waals surface area contributed by atoms with Crippen molar-refractivity contribution in [3.05, 3.63) is 115 Å². The Morgan fingerprint density at radius 3 is 2.05 bits per heavy atom. The lowest BCUT2D eigenvalue weighted by Crippen LogP contribution is -2.11. The van der Waals surface area contributed by atoms with Gasteiger partial charge in [-0.05, 0) is 88.9 Å². The second-order valence-corrected chi connectivity index (χ2v) is 13.3. The molecule has 0 unspecified atom stereocenters. The van der Waals surface area contributed by atoms with Crippen LogP contribution in [-0.2, 0) is 11.8 Å². The smallest absolute Gasteiger partial charge is 0.128 e. The standard InChI is InChI=1S/C38H37N3O/c1-37(2,3)24-28-13-14-32-31-18-20-40-36(33(31)15-16-34(32)41-28)26-10-8-12-30(22-26)42-29-11-7-9-25(21-29)35-23-27(17-19-39-35)38(4,5)6/h7-23H,24H2,1-6H3. The third-order valence-electron chi connectivity index (χ3n) is 7.48. The molecule has 3 aromatic heterocycles. The molecular weight excluding hydrogens is 514 g/mol. The van der Waals surface area contributed by atoms with Gasteiger partial charge in [-0.1, -0.05) is 71.9 Å². The predicted octanol–water partition coefficient (Wildman–Crippen LogP) is 10.2. The van der Waals surface area contributed by atoms with E-state index in [1.807, 2.05) is 42.7 Å². The largest absolute Gasteiger partial charge is 0.457 e. The van der Waals surface area contributed by atoms with Crippen LogP contribution in [0.3, 0.4) is 0 Å². The average Bonchev–Trinajstić information content (AvgIpc) is 2.96. The van der Waals surface area contributed by atoms with Crippen LogP contribution in [0.1, 0.15) is 52.8 Å². The van der Waals surface area contributed by atoms with E-state index < -0.39 is 0 Å². The topological polar surface area (TPSA) is 47.9 Å². The van der Waals surface area contributed by atoms with Crippen LogP contribution in [0.25, 0.3) is 44.2 Å². The fourth-order valence-electron chi connectivity index (χ4n) is 5.40. The quantitative estimate of drug-likeness (QED) is 0.200. The van der Waals surface area contributed by atoms with E-state index in [0.29, 0.717) is 0 Å². The summed E-state index contributed by atoms with van der Waals surface area (Å²) in [5, 5.41) is 3.39. The lowest BCUT2D eigenvalue weighted by Gasteiger charge is -2.19. The molecule has 0 aliphatic heterocycles. The van der Waals surface area contributed by atoms with Crippen molar-refractivity contribution in [2.24, 2.45) is 5.41 Å². The summed E-state index contributed by atoms with van der Waals surface area (Å²) in [5.41, 5.74) is 7.53. The Morgan fingerprint density at radius 1 is 0.619 bits per heavy atom. The van der Waals surface area contributed by atoms with E-state index in [2.05, 4.69) is 107 Å². The summed E-state index contributed by atoms with van der Waals surface area (Å²) in [5.74, 6) is 1.52. The first-order chi connectivity index (χ1) is 20.0. The summed E-state index contributed by atoms with van der Waals surface area (Å²) >= 11 is 0. The van der Waals surface area contributed by atoms with Gasteiger partial charge < -0.3 is 4.74 Å². The van der Waals surface area contributed by atoms with Crippen molar-refractivity contribution in [2.45, 2.75) is 53.4 Å². The van der Waals surface area contributed by atoms with Gasteiger partial charge in [0.05, 0.1) is 16.9 Å². The van der Waals surface area contributed by atoms with Gasteiger partial charge in [-0.25, -0.2) is 0 Å². The van der Waals surface area contributed by atoms with Gasteiger partial charge in [0.25, 0.3) is 0 Å². The number of fused-ring (bicyclic) bond motifs is 3. The van der Waals surface area contributed by atoms with E-state index in [1.165, 1.54) is 5.56 Å². The average molecular weight is 552 g/mol. The molecule has 210 valence electrons. The van der Waals surface area contributed by atoms with Crippen molar-refractivity contribution in [3.63, 3.8) is 0 Å². The Bertz CT molecular complexity index is 1910. The maximum atomic E-state index is 6.37. The minimum absolute atomic E-state index is 0.0554. The highest BCUT2D eigenvalue weighted by Gasteiger charge is 2.16. The molecule has 6 rings (SSSR count). The Hall–Kier alpha value is -4.57. The molecule has 0 spiro atoms.